The summed E-state index contributed by atoms with van der Waals surface area (Å²) >= 11 is 0. The lowest BCUT2D eigenvalue weighted by molar-refractivity contribution is -0.143. The molecule has 12 aromatic rings. The van der Waals surface area contributed by atoms with Gasteiger partial charge in [-0.25, -0.2) is 0 Å². The Kier molecular flexibility index (Phi) is 14.2. The third kappa shape index (κ3) is 10.9. The van der Waals surface area contributed by atoms with Gasteiger partial charge in [-0.2, -0.15) is 76.4 Å². The lowest BCUT2D eigenvalue weighted by Gasteiger charge is -2.19. The second-order valence-electron chi connectivity index (χ2n) is 22.3. The van der Waals surface area contributed by atoms with Gasteiger partial charge in [0, 0.05) is 21.5 Å². The summed E-state index contributed by atoms with van der Waals surface area (Å²) in [7, 11) is 0. The number of halogens is 15. The van der Waals surface area contributed by atoms with Crippen molar-refractivity contribution in [3.8, 4) is 79.1 Å². The predicted octanol–water partition coefficient (Wildman–Crippen LogP) is 22.3. The van der Waals surface area contributed by atoms with E-state index in [0.29, 0.717) is 51.1 Å². The van der Waals surface area contributed by atoms with Gasteiger partial charge in [-0.1, -0.05) is 71.8 Å². The number of hydrogen-bond donors (Lipinski definition) is 0. The van der Waals surface area contributed by atoms with E-state index in [1.165, 1.54) is 73.0 Å². The van der Waals surface area contributed by atoms with Crippen LogP contribution in [0.3, 0.4) is 0 Å². The van der Waals surface area contributed by atoms with Crippen molar-refractivity contribution in [3.63, 3.8) is 0 Å². The zero-order valence-corrected chi connectivity index (χ0v) is 47.2. The zero-order valence-electron chi connectivity index (χ0n) is 47.2. The quantitative estimate of drug-likeness (QED) is 0.149. The number of nitrogens with zero attached hydrogens (tertiary/aromatic N) is 4. The first-order chi connectivity index (χ1) is 42.2. The van der Waals surface area contributed by atoms with Gasteiger partial charge in [0.1, 0.15) is 11.6 Å². The van der Waals surface area contributed by atoms with Crippen LogP contribution in [0.2, 0.25) is 0 Å². The van der Waals surface area contributed by atoms with E-state index >= 15 is 0 Å². The number of hydrogen-bond acceptors (Lipinski definition) is 2. The fourth-order valence-corrected chi connectivity index (χ4v) is 12.1. The number of aromatic nitrogens is 2. The van der Waals surface area contributed by atoms with Gasteiger partial charge < -0.3 is 9.13 Å². The summed E-state index contributed by atoms with van der Waals surface area (Å²) in [5.41, 5.74) is -1.75. The van der Waals surface area contributed by atoms with Crippen molar-refractivity contribution in [2.45, 2.75) is 58.6 Å². The SMILES string of the molecule is Cc1cc(C)cc(-c2ccc3c(c2)c2cc(-c4cc(C)cc(C(F)(F)F)c4)ccc2n3-c2cc(-c3ccc(C(F)(F)F)cc3C#N)cc(-n3c4ccc(-c5cc(C)cc(C(F)(F)F)c5)cc4c4cc(-c5cc(C(F)(F)F)cc(C(F)(F)F)c5)ccc43)c2C#N)c1. The van der Waals surface area contributed by atoms with Crippen LogP contribution in [-0.4, -0.2) is 9.13 Å². The molecular weight excluding hydrogens is 1190 g/mol. The molecule has 0 aliphatic rings. The smallest absolute Gasteiger partial charge is 0.308 e. The van der Waals surface area contributed by atoms with E-state index in [1.54, 1.807) is 34.9 Å². The molecule has 0 saturated heterocycles. The standard InChI is InChI=1S/C71H41F15N4/c1-36-15-37(2)17-44(16-36)40-5-11-61-56(27-40)57-28-41(45-18-38(3)20-51(22-45)68(75,76)77)6-12-62(57)89(61)65-31-48(55-10-9-50(67(72,73)74)26-49(55)34-87)32-66(60(65)35-88)90-63-13-7-42(46-19-39(4)21-52(23-46)69(78,79)80)29-58(63)59-30-43(8-14-64(59)90)47-24-53(70(81,82)83)33-54(25-47)71(84,85)86/h5-33H,1-4H3. The number of fused-ring (bicyclic) bond motifs is 6. The number of alkyl halides is 15. The topological polar surface area (TPSA) is 57.4 Å². The molecule has 4 nitrogen and oxygen atoms in total. The Morgan fingerprint density at radius 3 is 0.911 bits per heavy atom. The predicted molar refractivity (Wildman–Crippen MR) is 316 cm³/mol. The van der Waals surface area contributed by atoms with E-state index in [4.69, 9.17) is 0 Å². The molecule has 0 saturated carbocycles. The molecule has 0 N–H and O–H groups in total. The number of nitriles is 2. The molecule has 0 aliphatic heterocycles. The van der Waals surface area contributed by atoms with E-state index in [9.17, 15) is 76.4 Å². The van der Waals surface area contributed by atoms with Gasteiger partial charge >= 0.3 is 30.9 Å². The molecule has 0 unspecified atom stereocenters. The van der Waals surface area contributed by atoms with Crippen molar-refractivity contribution in [1.82, 2.24) is 9.13 Å². The minimum absolute atomic E-state index is 0.0310. The maximum absolute atomic E-state index is 14.4. The summed E-state index contributed by atoms with van der Waals surface area (Å²) in [5.74, 6) is 0. The summed E-state index contributed by atoms with van der Waals surface area (Å²) in [4.78, 5) is 0. The highest BCUT2D eigenvalue weighted by Crippen LogP contribution is 2.47. The van der Waals surface area contributed by atoms with E-state index in [1.807, 2.05) is 50.2 Å². The highest BCUT2D eigenvalue weighted by atomic mass is 19.4. The van der Waals surface area contributed by atoms with Crippen molar-refractivity contribution in [2.24, 2.45) is 0 Å². The molecule has 90 heavy (non-hydrogen) atoms. The maximum Gasteiger partial charge on any atom is 0.416 e. The van der Waals surface area contributed by atoms with Gasteiger partial charge in [-0.3, -0.25) is 0 Å². The largest absolute Gasteiger partial charge is 0.416 e. The summed E-state index contributed by atoms with van der Waals surface area (Å²) < 4.78 is 219. The minimum Gasteiger partial charge on any atom is -0.308 e. The normalized spacial score (nSPS) is 12.6. The van der Waals surface area contributed by atoms with Crippen LogP contribution in [0.15, 0.2) is 176 Å². The molecule has 19 heteroatoms. The highest BCUT2D eigenvalue weighted by Gasteiger charge is 2.38. The molecule has 0 fully saturated rings. The summed E-state index contributed by atoms with van der Waals surface area (Å²) in [5, 5.41) is 23.7. The van der Waals surface area contributed by atoms with E-state index in [0.717, 1.165) is 58.7 Å². The molecule has 0 bridgehead atoms. The molecule has 2 heterocycles. The molecule has 0 radical (unpaired) electrons. The van der Waals surface area contributed by atoms with Crippen LogP contribution in [0, 0.1) is 50.4 Å². The number of aryl methyl sites for hydroxylation is 4. The number of rotatable bonds is 7. The Hall–Kier alpha value is -10.3. The van der Waals surface area contributed by atoms with Crippen molar-refractivity contribution < 1.29 is 65.9 Å². The molecular formula is C71H41F15N4. The first kappa shape index (κ1) is 60.0. The van der Waals surface area contributed by atoms with Crippen LogP contribution >= 0.6 is 0 Å². The van der Waals surface area contributed by atoms with Crippen molar-refractivity contribution in [2.75, 3.05) is 0 Å². The Morgan fingerprint density at radius 1 is 0.278 bits per heavy atom. The molecule has 0 aliphatic carbocycles. The van der Waals surface area contributed by atoms with Crippen LogP contribution in [-0.2, 0) is 30.9 Å². The third-order valence-electron chi connectivity index (χ3n) is 16.0. The average Bonchev–Trinajstić information content (AvgIpc) is 1.55. The van der Waals surface area contributed by atoms with Crippen LogP contribution in [0.5, 0.6) is 0 Å². The van der Waals surface area contributed by atoms with E-state index in [-0.39, 0.29) is 83.8 Å². The first-order valence-electron chi connectivity index (χ1n) is 27.4. The lowest BCUT2D eigenvalue weighted by atomic mass is 9.95. The number of benzene rings is 10. The second-order valence-corrected chi connectivity index (χ2v) is 22.3. The average molecular weight is 1240 g/mol. The van der Waals surface area contributed by atoms with Crippen LogP contribution in [0.1, 0.15) is 61.2 Å². The Labute approximate surface area is 502 Å². The van der Waals surface area contributed by atoms with Crippen molar-refractivity contribution in [3.05, 3.63) is 237 Å². The first-order valence-corrected chi connectivity index (χ1v) is 27.4. The molecule has 0 amide bonds. The molecule has 0 spiro atoms. The maximum atomic E-state index is 14.4. The van der Waals surface area contributed by atoms with E-state index in [2.05, 4.69) is 6.07 Å². The van der Waals surface area contributed by atoms with Crippen LogP contribution in [0.4, 0.5) is 65.9 Å². The van der Waals surface area contributed by atoms with Gasteiger partial charge in [0.05, 0.1) is 72.9 Å². The second kappa shape index (κ2) is 21.2. The van der Waals surface area contributed by atoms with Gasteiger partial charge in [0.2, 0.25) is 0 Å². The summed E-state index contributed by atoms with van der Waals surface area (Å²) in [6.45, 7) is 6.81. The lowest BCUT2D eigenvalue weighted by Crippen LogP contribution is -2.11. The zero-order chi connectivity index (χ0) is 64.5. The van der Waals surface area contributed by atoms with Gasteiger partial charge in [0.25, 0.3) is 0 Å². The fraction of sp³-hybridized carbons (Fsp3) is 0.127. The summed E-state index contributed by atoms with van der Waals surface area (Å²) in [6.07, 6.45) is -24.9. The molecule has 0 atom stereocenters. The fourth-order valence-electron chi connectivity index (χ4n) is 12.1. The van der Waals surface area contributed by atoms with Crippen LogP contribution in [0.25, 0.3) is 111 Å². The van der Waals surface area contributed by atoms with Crippen LogP contribution < -0.4 is 0 Å². The molecule has 10 aromatic carbocycles. The monoisotopic (exact) mass is 1230 g/mol. The molecule has 2 aromatic heterocycles. The van der Waals surface area contributed by atoms with Crippen molar-refractivity contribution in [1.29, 1.82) is 10.5 Å². The van der Waals surface area contributed by atoms with E-state index < -0.39 is 69.8 Å². The van der Waals surface area contributed by atoms with Crippen molar-refractivity contribution >= 4 is 43.6 Å². The van der Waals surface area contributed by atoms with Gasteiger partial charge in [0.15, 0.2) is 0 Å². The molecule has 450 valence electrons. The minimum atomic E-state index is -5.24. The molecule has 12 rings (SSSR count). The Morgan fingerprint density at radius 2 is 0.589 bits per heavy atom. The summed E-state index contributed by atoms with van der Waals surface area (Å²) in [6, 6.07) is 42.2. The van der Waals surface area contributed by atoms with Gasteiger partial charge in [-0.05, 0) is 210 Å². The third-order valence-corrected chi connectivity index (χ3v) is 16.0. The highest BCUT2D eigenvalue weighted by molar-refractivity contribution is 6.14. The van der Waals surface area contributed by atoms with Gasteiger partial charge in [-0.15, -0.1) is 0 Å². The Balaban J connectivity index is 1.21. The Bertz CT molecular complexity index is 5020.